The fraction of sp³-hybridized carbons (Fsp3) is 0.471. The zero-order valence-corrected chi connectivity index (χ0v) is 14.3. The molecular formula is C17H24ClN3. The summed E-state index contributed by atoms with van der Waals surface area (Å²) in [6.45, 7) is 6.26. The van der Waals surface area contributed by atoms with E-state index in [1.807, 2.05) is 25.7 Å². The fourth-order valence-electron chi connectivity index (χ4n) is 2.70. The molecule has 3 nitrogen and oxygen atoms in total. The Morgan fingerprint density at radius 1 is 1.24 bits per heavy atom. The molecule has 2 aromatic rings. The summed E-state index contributed by atoms with van der Waals surface area (Å²) in [5, 5.41) is 8.59. The molecule has 0 saturated carbocycles. The summed E-state index contributed by atoms with van der Waals surface area (Å²) in [5.74, 6) is 0. The lowest BCUT2D eigenvalue weighted by Gasteiger charge is -2.18. The molecule has 0 aliphatic rings. The van der Waals surface area contributed by atoms with Gasteiger partial charge in [0.15, 0.2) is 0 Å². The number of likely N-dealkylation sites (N-methyl/N-ethyl adjacent to an activating group) is 1. The minimum atomic E-state index is 0.345. The van der Waals surface area contributed by atoms with E-state index in [2.05, 4.69) is 42.5 Å². The number of nitrogens with one attached hydrogen (secondary N) is 1. The molecule has 0 saturated heterocycles. The number of aryl methyl sites for hydroxylation is 4. The normalized spacial score (nSPS) is 12.7. The molecule has 4 heteroatoms. The summed E-state index contributed by atoms with van der Waals surface area (Å²) in [5.41, 5.74) is 6.03. The predicted molar refractivity (Wildman–Crippen MR) is 89.1 cm³/mol. The fourth-order valence-corrected chi connectivity index (χ4v) is 2.93. The first kappa shape index (κ1) is 16.1. The first-order chi connectivity index (χ1) is 9.92. The summed E-state index contributed by atoms with van der Waals surface area (Å²) in [6.07, 6.45) is 1.87. The molecule has 0 aliphatic carbocycles. The van der Waals surface area contributed by atoms with E-state index in [1.54, 1.807) is 0 Å². The molecule has 1 heterocycles. The predicted octanol–water partition coefficient (Wildman–Crippen LogP) is 3.37. The maximum absolute atomic E-state index is 6.36. The zero-order valence-electron chi connectivity index (χ0n) is 13.5. The first-order valence-corrected chi connectivity index (χ1v) is 7.71. The number of benzene rings is 1. The molecule has 0 aliphatic heterocycles. The first-order valence-electron chi connectivity index (χ1n) is 7.33. The van der Waals surface area contributed by atoms with E-state index < -0.39 is 0 Å². The quantitative estimate of drug-likeness (QED) is 0.918. The molecule has 1 atom stereocenters. The standard InChI is InChI=1S/C17H24ClN3/c1-11-6-7-12(2)14(8-11)9-15(19-4)10-16-17(18)13(3)20-21(16)5/h6-8,15,19H,9-10H2,1-5H3. The van der Waals surface area contributed by atoms with Crippen LogP contribution in [0.15, 0.2) is 18.2 Å². The minimum absolute atomic E-state index is 0.345. The number of nitrogens with zero attached hydrogens (tertiary/aromatic N) is 2. The lowest BCUT2D eigenvalue weighted by molar-refractivity contribution is 0.532. The van der Waals surface area contributed by atoms with Gasteiger partial charge in [0, 0.05) is 19.5 Å². The van der Waals surface area contributed by atoms with Gasteiger partial charge in [-0.05, 0) is 45.4 Å². The van der Waals surface area contributed by atoms with E-state index >= 15 is 0 Å². The molecule has 114 valence electrons. The third-order valence-corrected chi connectivity index (χ3v) is 4.57. The number of aromatic nitrogens is 2. The van der Waals surface area contributed by atoms with E-state index in [-0.39, 0.29) is 0 Å². The molecule has 0 fully saturated rings. The van der Waals surface area contributed by atoms with E-state index in [9.17, 15) is 0 Å². The number of halogens is 1. The molecule has 21 heavy (non-hydrogen) atoms. The Hall–Kier alpha value is -1.32. The SMILES string of the molecule is CNC(Cc1cc(C)ccc1C)Cc1c(Cl)c(C)nn1C. The van der Waals surface area contributed by atoms with Crippen LogP contribution in [0.4, 0.5) is 0 Å². The van der Waals surface area contributed by atoms with Crippen LogP contribution >= 0.6 is 11.6 Å². The van der Waals surface area contributed by atoms with E-state index in [0.29, 0.717) is 6.04 Å². The molecule has 0 spiro atoms. The largest absolute Gasteiger partial charge is 0.316 e. The van der Waals surface area contributed by atoms with Crippen LogP contribution in [0, 0.1) is 20.8 Å². The third kappa shape index (κ3) is 3.66. The van der Waals surface area contributed by atoms with Gasteiger partial charge >= 0.3 is 0 Å². The van der Waals surface area contributed by atoms with Gasteiger partial charge in [-0.1, -0.05) is 35.4 Å². The van der Waals surface area contributed by atoms with Crippen LogP contribution in [0.3, 0.4) is 0 Å². The summed E-state index contributed by atoms with van der Waals surface area (Å²) < 4.78 is 1.89. The topological polar surface area (TPSA) is 29.9 Å². The second-order valence-electron chi connectivity index (χ2n) is 5.79. The van der Waals surface area contributed by atoms with Gasteiger partial charge in [0.1, 0.15) is 0 Å². The molecule has 1 aromatic carbocycles. The molecule has 2 rings (SSSR count). The third-order valence-electron chi connectivity index (χ3n) is 4.08. The highest BCUT2D eigenvalue weighted by Gasteiger charge is 2.17. The average Bonchev–Trinajstić information content (AvgIpc) is 2.68. The summed E-state index contributed by atoms with van der Waals surface area (Å²) in [4.78, 5) is 0. The molecule has 0 amide bonds. The molecule has 0 bridgehead atoms. The van der Waals surface area contributed by atoms with Crippen molar-refractivity contribution in [2.75, 3.05) is 7.05 Å². The highest BCUT2D eigenvalue weighted by molar-refractivity contribution is 6.31. The van der Waals surface area contributed by atoms with Crippen LogP contribution in [0.5, 0.6) is 0 Å². The molecule has 1 unspecified atom stereocenters. The van der Waals surface area contributed by atoms with Gasteiger partial charge in [-0.25, -0.2) is 0 Å². The molecule has 0 radical (unpaired) electrons. The number of hydrogen-bond donors (Lipinski definition) is 1. The Morgan fingerprint density at radius 3 is 2.52 bits per heavy atom. The van der Waals surface area contributed by atoms with Gasteiger partial charge in [-0.2, -0.15) is 5.10 Å². The van der Waals surface area contributed by atoms with Crippen molar-refractivity contribution >= 4 is 11.6 Å². The lowest BCUT2D eigenvalue weighted by atomic mass is 9.96. The Bertz CT molecular complexity index is 631. The molecule has 1 aromatic heterocycles. The van der Waals surface area contributed by atoms with Crippen molar-refractivity contribution in [1.82, 2.24) is 15.1 Å². The van der Waals surface area contributed by atoms with Crippen molar-refractivity contribution in [3.63, 3.8) is 0 Å². The van der Waals surface area contributed by atoms with Gasteiger partial charge < -0.3 is 5.32 Å². The van der Waals surface area contributed by atoms with E-state index in [0.717, 1.165) is 29.3 Å². The van der Waals surface area contributed by atoms with Crippen molar-refractivity contribution in [2.24, 2.45) is 7.05 Å². The van der Waals surface area contributed by atoms with Crippen molar-refractivity contribution in [1.29, 1.82) is 0 Å². The highest BCUT2D eigenvalue weighted by Crippen LogP contribution is 2.22. The van der Waals surface area contributed by atoms with Crippen LogP contribution in [0.1, 0.15) is 28.1 Å². The lowest BCUT2D eigenvalue weighted by Crippen LogP contribution is -2.31. The van der Waals surface area contributed by atoms with E-state index in [1.165, 1.54) is 16.7 Å². The Kier molecular flexibility index (Phi) is 5.07. The van der Waals surface area contributed by atoms with Crippen LogP contribution < -0.4 is 5.32 Å². The van der Waals surface area contributed by atoms with Crippen LogP contribution in [0.2, 0.25) is 5.02 Å². The smallest absolute Gasteiger partial charge is 0.0847 e. The Labute approximate surface area is 132 Å². The van der Waals surface area contributed by atoms with Gasteiger partial charge in [0.05, 0.1) is 16.4 Å². The molecular weight excluding hydrogens is 282 g/mol. The Balaban J connectivity index is 2.19. The van der Waals surface area contributed by atoms with Crippen LogP contribution in [-0.2, 0) is 19.9 Å². The van der Waals surface area contributed by atoms with Gasteiger partial charge in [0.25, 0.3) is 0 Å². The van der Waals surface area contributed by atoms with Crippen LogP contribution in [0.25, 0.3) is 0 Å². The minimum Gasteiger partial charge on any atom is -0.316 e. The van der Waals surface area contributed by atoms with Crippen molar-refractivity contribution in [3.8, 4) is 0 Å². The summed E-state index contributed by atoms with van der Waals surface area (Å²) in [7, 11) is 3.96. The monoisotopic (exact) mass is 305 g/mol. The highest BCUT2D eigenvalue weighted by atomic mass is 35.5. The van der Waals surface area contributed by atoms with Gasteiger partial charge in [-0.15, -0.1) is 0 Å². The zero-order chi connectivity index (χ0) is 15.6. The summed E-state index contributed by atoms with van der Waals surface area (Å²) in [6, 6.07) is 6.97. The van der Waals surface area contributed by atoms with Crippen molar-refractivity contribution in [3.05, 3.63) is 51.3 Å². The number of hydrogen-bond acceptors (Lipinski definition) is 2. The maximum Gasteiger partial charge on any atom is 0.0847 e. The number of rotatable bonds is 5. The van der Waals surface area contributed by atoms with E-state index in [4.69, 9.17) is 11.6 Å². The van der Waals surface area contributed by atoms with Gasteiger partial charge in [0.2, 0.25) is 0 Å². The second-order valence-corrected chi connectivity index (χ2v) is 6.17. The summed E-state index contributed by atoms with van der Waals surface area (Å²) >= 11 is 6.36. The Morgan fingerprint density at radius 2 is 1.95 bits per heavy atom. The molecule has 1 N–H and O–H groups in total. The van der Waals surface area contributed by atoms with Gasteiger partial charge in [-0.3, -0.25) is 4.68 Å². The second kappa shape index (κ2) is 6.63. The average molecular weight is 306 g/mol. The van der Waals surface area contributed by atoms with Crippen molar-refractivity contribution in [2.45, 2.75) is 39.7 Å². The van der Waals surface area contributed by atoms with Crippen molar-refractivity contribution < 1.29 is 0 Å². The van der Waals surface area contributed by atoms with Crippen LogP contribution in [-0.4, -0.2) is 22.9 Å². The maximum atomic E-state index is 6.36.